The topological polar surface area (TPSA) is 75.2 Å². The summed E-state index contributed by atoms with van der Waals surface area (Å²) in [7, 11) is 0. The molecular weight excluding hydrogens is 304 g/mol. The van der Waals surface area contributed by atoms with Crippen LogP contribution in [0.4, 0.5) is 0 Å². The van der Waals surface area contributed by atoms with E-state index in [2.05, 4.69) is 28.1 Å². The average molecular weight is 326 g/mol. The number of hydrogen-bond donors (Lipinski definition) is 0. The van der Waals surface area contributed by atoms with Crippen molar-refractivity contribution in [3.63, 3.8) is 0 Å². The molecule has 2 atom stereocenters. The van der Waals surface area contributed by atoms with E-state index in [4.69, 9.17) is 14.4 Å². The van der Waals surface area contributed by atoms with E-state index in [0.29, 0.717) is 24.1 Å². The number of hydrogen-bond acceptors (Lipinski definition) is 6. The summed E-state index contributed by atoms with van der Waals surface area (Å²) in [6.45, 7) is 6.51. The zero-order valence-corrected chi connectivity index (χ0v) is 14.1. The van der Waals surface area contributed by atoms with Crippen molar-refractivity contribution in [3.8, 4) is 11.8 Å². The Morgan fingerprint density at radius 3 is 3.04 bits per heavy atom. The Hall–Kier alpha value is -2.39. The maximum Gasteiger partial charge on any atom is 0.221 e. The number of rotatable bonds is 5. The molecule has 6 nitrogen and oxygen atoms in total. The molecule has 2 aromatic rings. The van der Waals surface area contributed by atoms with E-state index >= 15 is 0 Å². The van der Waals surface area contributed by atoms with Gasteiger partial charge in [0.2, 0.25) is 11.8 Å². The van der Waals surface area contributed by atoms with Gasteiger partial charge in [0, 0.05) is 19.5 Å². The van der Waals surface area contributed by atoms with Gasteiger partial charge in [-0.3, -0.25) is 4.90 Å². The van der Waals surface area contributed by atoms with Crippen molar-refractivity contribution in [1.82, 2.24) is 15.1 Å². The highest BCUT2D eigenvalue weighted by Crippen LogP contribution is 2.31. The highest BCUT2D eigenvalue weighted by atomic mass is 16.5. The lowest BCUT2D eigenvalue weighted by Gasteiger charge is -2.37. The van der Waals surface area contributed by atoms with Crippen molar-refractivity contribution in [2.45, 2.75) is 38.6 Å². The van der Waals surface area contributed by atoms with Crippen molar-refractivity contribution in [2.75, 3.05) is 19.7 Å². The first-order chi connectivity index (χ1) is 11.7. The van der Waals surface area contributed by atoms with Gasteiger partial charge in [-0.05, 0) is 44.5 Å². The fraction of sp³-hybridized carbons (Fsp3) is 0.500. The van der Waals surface area contributed by atoms with E-state index in [9.17, 15) is 0 Å². The zero-order valence-electron chi connectivity index (χ0n) is 14.1. The van der Waals surface area contributed by atoms with E-state index in [0.717, 1.165) is 37.6 Å². The molecule has 1 aliphatic heterocycles. The van der Waals surface area contributed by atoms with Crippen LogP contribution in [0, 0.1) is 18.3 Å². The van der Waals surface area contributed by atoms with E-state index < -0.39 is 0 Å². The molecular formula is C18H22N4O2. The summed E-state index contributed by atoms with van der Waals surface area (Å²) in [5, 5.41) is 17.1. The third-order valence-electron chi connectivity index (χ3n) is 4.59. The Balaban J connectivity index is 1.55. The molecule has 2 heterocycles. The van der Waals surface area contributed by atoms with Crippen molar-refractivity contribution in [1.29, 1.82) is 5.26 Å². The minimum Gasteiger partial charge on any atom is -0.492 e. The van der Waals surface area contributed by atoms with E-state index in [1.165, 1.54) is 0 Å². The molecule has 1 aromatic carbocycles. The van der Waals surface area contributed by atoms with Crippen molar-refractivity contribution < 1.29 is 9.15 Å². The lowest BCUT2D eigenvalue weighted by Crippen LogP contribution is -2.44. The molecule has 0 N–H and O–H groups in total. The lowest BCUT2D eigenvalue weighted by atomic mass is 9.90. The number of aryl methyl sites for hydroxylation is 1. The van der Waals surface area contributed by atoms with Crippen LogP contribution in [-0.4, -0.2) is 40.8 Å². The quantitative estimate of drug-likeness (QED) is 0.841. The van der Waals surface area contributed by atoms with E-state index in [1.54, 1.807) is 12.1 Å². The second kappa shape index (κ2) is 7.45. The minimum absolute atomic E-state index is 0.280. The Kier molecular flexibility index (Phi) is 5.11. The molecule has 24 heavy (non-hydrogen) atoms. The molecule has 1 fully saturated rings. The monoisotopic (exact) mass is 326 g/mol. The normalized spacial score (nSPS) is 21.4. The van der Waals surface area contributed by atoms with Crippen LogP contribution in [0.15, 0.2) is 28.7 Å². The molecule has 0 aliphatic carbocycles. The van der Waals surface area contributed by atoms with Crippen LogP contribution in [0.1, 0.15) is 43.0 Å². The second-order valence-electron chi connectivity index (χ2n) is 6.17. The number of nitrogens with zero attached hydrogens (tertiary/aromatic N) is 4. The highest BCUT2D eigenvalue weighted by Gasteiger charge is 2.32. The molecule has 3 rings (SSSR count). The third kappa shape index (κ3) is 3.74. The molecule has 0 radical (unpaired) electrons. The zero-order chi connectivity index (χ0) is 16.9. The standard InChI is InChI=1S/C18H22N4O2/c1-13-17(18-21-20-14(2)24-18)7-4-8-22(13)9-10-23-16-6-3-5-15(11-16)12-19/h3,5-6,11,13,17H,4,7-10H2,1-2H3/t13-,17-/m0/s1. The predicted octanol–water partition coefficient (Wildman–Crippen LogP) is 2.90. The molecule has 0 saturated carbocycles. The molecule has 0 unspecified atom stereocenters. The first-order valence-electron chi connectivity index (χ1n) is 8.34. The molecule has 0 bridgehead atoms. The molecule has 1 aromatic heterocycles. The average Bonchev–Trinajstić information content (AvgIpc) is 3.03. The van der Waals surface area contributed by atoms with Gasteiger partial charge in [0.15, 0.2) is 0 Å². The number of ether oxygens (including phenoxy) is 1. The Morgan fingerprint density at radius 2 is 2.29 bits per heavy atom. The molecule has 0 spiro atoms. The Morgan fingerprint density at radius 1 is 1.42 bits per heavy atom. The summed E-state index contributed by atoms with van der Waals surface area (Å²) in [6.07, 6.45) is 2.19. The van der Waals surface area contributed by atoms with Gasteiger partial charge in [-0.15, -0.1) is 10.2 Å². The molecule has 0 amide bonds. The van der Waals surface area contributed by atoms with Crippen LogP contribution in [0.5, 0.6) is 5.75 Å². The Labute approximate surface area is 142 Å². The first kappa shape index (κ1) is 16.5. The fourth-order valence-corrected chi connectivity index (χ4v) is 3.26. The minimum atomic E-state index is 0.280. The summed E-state index contributed by atoms with van der Waals surface area (Å²) in [6, 6.07) is 9.73. The SMILES string of the molecule is Cc1nnc([C@H]2CCCN(CCOc3cccc(C#N)c3)[C@H]2C)o1. The highest BCUT2D eigenvalue weighted by molar-refractivity contribution is 5.36. The summed E-state index contributed by atoms with van der Waals surface area (Å²) in [5.41, 5.74) is 0.616. The number of nitriles is 1. The predicted molar refractivity (Wildman–Crippen MR) is 88.7 cm³/mol. The van der Waals surface area contributed by atoms with Crippen LogP contribution in [0.2, 0.25) is 0 Å². The van der Waals surface area contributed by atoms with Gasteiger partial charge in [-0.2, -0.15) is 5.26 Å². The van der Waals surface area contributed by atoms with Crippen LogP contribution >= 0.6 is 0 Å². The fourth-order valence-electron chi connectivity index (χ4n) is 3.26. The second-order valence-corrected chi connectivity index (χ2v) is 6.17. The van der Waals surface area contributed by atoms with Gasteiger partial charge >= 0.3 is 0 Å². The third-order valence-corrected chi connectivity index (χ3v) is 4.59. The van der Waals surface area contributed by atoms with E-state index in [1.807, 2.05) is 19.1 Å². The summed E-state index contributed by atoms with van der Waals surface area (Å²) in [4.78, 5) is 2.40. The number of aromatic nitrogens is 2. The molecule has 6 heteroatoms. The summed E-state index contributed by atoms with van der Waals surface area (Å²) >= 11 is 0. The van der Waals surface area contributed by atoms with Crippen LogP contribution in [0.25, 0.3) is 0 Å². The maximum atomic E-state index is 8.93. The maximum absolute atomic E-state index is 8.93. The number of benzene rings is 1. The van der Waals surface area contributed by atoms with Crippen LogP contribution in [0.3, 0.4) is 0 Å². The van der Waals surface area contributed by atoms with Gasteiger partial charge < -0.3 is 9.15 Å². The summed E-state index contributed by atoms with van der Waals surface area (Å²) < 4.78 is 11.4. The first-order valence-corrected chi connectivity index (χ1v) is 8.34. The van der Waals surface area contributed by atoms with Crippen molar-refractivity contribution in [3.05, 3.63) is 41.6 Å². The smallest absolute Gasteiger partial charge is 0.221 e. The molecule has 1 saturated heterocycles. The van der Waals surface area contributed by atoms with Crippen molar-refractivity contribution in [2.24, 2.45) is 0 Å². The van der Waals surface area contributed by atoms with Gasteiger partial charge in [-0.1, -0.05) is 6.07 Å². The van der Waals surface area contributed by atoms with Crippen molar-refractivity contribution >= 4 is 0 Å². The Bertz CT molecular complexity index is 722. The summed E-state index contributed by atoms with van der Waals surface area (Å²) in [5.74, 6) is 2.38. The number of likely N-dealkylation sites (tertiary alicyclic amines) is 1. The number of piperidine rings is 1. The largest absolute Gasteiger partial charge is 0.492 e. The van der Waals surface area contributed by atoms with E-state index in [-0.39, 0.29) is 5.92 Å². The van der Waals surface area contributed by atoms with Gasteiger partial charge in [0.05, 0.1) is 17.6 Å². The van der Waals surface area contributed by atoms with Crippen LogP contribution < -0.4 is 4.74 Å². The molecule has 1 aliphatic rings. The van der Waals surface area contributed by atoms with Gasteiger partial charge in [0.1, 0.15) is 12.4 Å². The van der Waals surface area contributed by atoms with Crippen LogP contribution in [-0.2, 0) is 0 Å². The molecule has 126 valence electrons. The van der Waals surface area contributed by atoms with Gasteiger partial charge in [0.25, 0.3) is 0 Å². The lowest BCUT2D eigenvalue weighted by molar-refractivity contribution is 0.106. The van der Waals surface area contributed by atoms with Gasteiger partial charge in [-0.25, -0.2) is 0 Å².